The van der Waals surface area contributed by atoms with Gasteiger partial charge in [0.15, 0.2) is 0 Å². The van der Waals surface area contributed by atoms with E-state index in [9.17, 15) is 4.79 Å². The van der Waals surface area contributed by atoms with Crippen LogP contribution >= 0.6 is 31.9 Å². The van der Waals surface area contributed by atoms with Crippen molar-refractivity contribution in [1.29, 1.82) is 0 Å². The molecule has 0 saturated heterocycles. The minimum absolute atomic E-state index is 0.0919. The highest BCUT2D eigenvalue weighted by Gasteiger charge is 2.13. The van der Waals surface area contributed by atoms with Crippen molar-refractivity contribution in [1.82, 2.24) is 0 Å². The third kappa shape index (κ3) is 3.66. The smallest absolute Gasteiger partial charge is 0.249 e. The molecule has 1 unspecified atom stereocenters. The first-order valence-electron chi connectivity index (χ1n) is 6.51. The van der Waals surface area contributed by atoms with Gasteiger partial charge in [-0.1, -0.05) is 44.0 Å². The maximum absolute atomic E-state index is 11.4. The number of hydrogen-bond donors (Lipinski definition) is 2. The highest BCUT2D eigenvalue weighted by Crippen LogP contribution is 2.30. The van der Waals surface area contributed by atoms with Gasteiger partial charge in [-0.15, -0.1) is 0 Å². The Labute approximate surface area is 141 Å². The fraction of sp³-hybridized carbons (Fsp3) is 0.188. The van der Waals surface area contributed by atoms with Gasteiger partial charge in [-0.2, -0.15) is 0 Å². The van der Waals surface area contributed by atoms with E-state index in [4.69, 9.17) is 5.73 Å². The molecule has 110 valence electrons. The number of amides is 1. The van der Waals surface area contributed by atoms with Gasteiger partial charge in [0.1, 0.15) is 0 Å². The van der Waals surface area contributed by atoms with E-state index in [1.807, 2.05) is 31.2 Å². The Morgan fingerprint density at radius 3 is 2.57 bits per heavy atom. The Kier molecular flexibility index (Phi) is 5.06. The van der Waals surface area contributed by atoms with E-state index < -0.39 is 5.91 Å². The Balaban J connectivity index is 2.29. The van der Waals surface area contributed by atoms with E-state index in [1.54, 1.807) is 6.07 Å². The van der Waals surface area contributed by atoms with Crippen molar-refractivity contribution in [3.8, 4) is 0 Å². The molecule has 2 aromatic carbocycles. The molecule has 1 amide bonds. The summed E-state index contributed by atoms with van der Waals surface area (Å²) < 4.78 is 2.05. The van der Waals surface area contributed by atoms with Gasteiger partial charge in [-0.05, 0) is 49.2 Å². The quantitative estimate of drug-likeness (QED) is 0.759. The van der Waals surface area contributed by atoms with Crippen LogP contribution in [0, 0.1) is 6.92 Å². The number of benzene rings is 2. The van der Waals surface area contributed by atoms with Gasteiger partial charge in [-0.25, -0.2) is 0 Å². The molecule has 2 aromatic rings. The zero-order chi connectivity index (χ0) is 15.6. The highest BCUT2D eigenvalue weighted by atomic mass is 79.9. The van der Waals surface area contributed by atoms with Crippen LogP contribution in [0.2, 0.25) is 0 Å². The summed E-state index contributed by atoms with van der Waals surface area (Å²) >= 11 is 7.02. The molecular weight excluding hydrogens is 396 g/mol. The van der Waals surface area contributed by atoms with Crippen LogP contribution in [-0.2, 0) is 0 Å². The van der Waals surface area contributed by atoms with E-state index in [2.05, 4.69) is 50.2 Å². The minimum Gasteiger partial charge on any atom is -0.378 e. The monoisotopic (exact) mass is 410 g/mol. The number of carbonyl (C=O) groups excluding carboxylic acids is 1. The molecule has 5 heteroatoms. The fourth-order valence-corrected chi connectivity index (χ4v) is 3.61. The van der Waals surface area contributed by atoms with Crippen LogP contribution in [-0.4, -0.2) is 5.91 Å². The lowest BCUT2D eigenvalue weighted by atomic mass is 10.0. The summed E-state index contributed by atoms with van der Waals surface area (Å²) in [7, 11) is 0. The maximum Gasteiger partial charge on any atom is 0.249 e. The number of nitrogens with one attached hydrogen (secondary N) is 1. The normalized spacial score (nSPS) is 12.0. The van der Waals surface area contributed by atoms with Gasteiger partial charge in [0.05, 0.1) is 0 Å². The molecule has 0 fully saturated rings. The third-order valence-corrected chi connectivity index (χ3v) is 4.58. The molecule has 0 aromatic heterocycles. The molecule has 0 radical (unpaired) electrons. The van der Waals surface area contributed by atoms with E-state index in [0.29, 0.717) is 5.56 Å². The second-order valence-corrected chi connectivity index (χ2v) is 6.64. The van der Waals surface area contributed by atoms with Gasteiger partial charge in [-0.3, -0.25) is 4.79 Å². The predicted octanol–water partition coefficient (Wildman–Crippen LogP) is 4.79. The Hall–Kier alpha value is -1.33. The van der Waals surface area contributed by atoms with Crippen LogP contribution < -0.4 is 11.1 Å². The van der Waals surface area contributed by atoms with Crippen molar-refractivity contribution < 1.29 is 4.79 Å². The summed E-state index contributed by atoms with van der Waals surface area (Å²) in [6, 6.07) is 11.7. The highest BCUT2D eigenvalue weighted by molar-refractivity contribution is 9.11. The molecule has 0 bridgehead atoms. The van der Waals surface area contributed by atoms with Crippen molar-refractivity contribution in [3.63, 3.8) is 0 Å². The van der Waals surface area contributed by atoms with Crippen molar-refractivity contribution in [3.05, 3.63) is 62.0 Å². The molecule has 21 heavy (non-hydrogen) atoms. The van der Waals surface area contributed by atoms with E-state index in [1.165, 1.54) is 0 Å². The standard InChI is InChI=1S/C16H16Br2N2O/c1-9-12(16(19)21)4-3-5-15(9)20-10(2)13-7-6-11(17)8-14(13)18/h3-8,10,20H,1-2H3,(H2,19,21). The predicted molar refractivity (Wildman–Crippen MR) is 93.6 cm³/mol. The van der Waals surface area contributed by atoms with E-state index in [0.717, 1.165) is 25.8 Å². The first kappa shape index (κ1) is 16.0. The largest absolute Gasteiger partial charge is 0.378 e. The zero-order valence-electron chi connectivity index (χ0n) is 11.8. The number of hydrogen-bond acceptors (Lipinski definition) is 2. The summed E-state index contributed by atoms with van der Waals surface area (Å²) in [5.41, 5.74) is 8.85. The lowest BCUT2D eigenvalue weighted by Crippen LogP contribution is -2.15. The van der Waals surface area contributed by atoms with Gasteiger partial charge in [0.2, 0.25) is 5.91 Å². The number of halogens is 2. The Morgan fingerprint density at radius 2 is 1.95 bits per heavy atom. The number of rotatable bonds is 4. The molecule has 0 aliphatic carbocycles. The Morgan fingerprint density at radius 1 is 1.24 bits per heavy atom. The molecule has 1 atom stereocenters. The number of nitrogens with two attached hydrogens (primary N) is 1. The molecule has 3 nitrogen and oxygen atoms in total. The lowest BCUT2D eigenvalue weighted by Gasteiger charge is -2.19. The summed E-state index contributed by atoms with van der Waals surface area (Å²) in [5, 5.41) is 3.43. The molecule has 0 heterocycles. The van der Waals surface area contributed by atoms with Crippen LogP contribution in [0.15, 0.2) is 45.3 Å². The summed E-state index contributed by atoms with van der Waals surface area (Å²) in [4.78, 5) is 11.4. The van der Waals surface area contributed by atoms with E-state index in [-0.39, 0.29) is 6.04 Å². The summed E-state index contributed by atoms with van der Waals surface area (Å²) in [6.07, 6.45) is 0. The average molecular weight is 412 g/mol. The summed E-state index contributed by atoms with van der Waals surface area (Å²) in [6.45, 7) is 3.97. The number of anilines is 1. The van der Waals surface area contributed by atoms with Crippen LogP contribution in [0.5, 0.6) is 0 Å². The SMILES string of the molecule is Cc1c(NC(C)c2ccc(Br)cc2Br)cccc1C(N)=O. The Bertz CT molecular complexity index is 686. The first-order chi connectivity index (χ1) is 9.90. The van der Waals surface area contributed by atoms with Gasteiger partial charge < -0.3 is 11.1 Å². The first-order valence-corrected chi connectivity index (χ1v) is 8.09. The minimum atomic E-state index is -0.409. The third-order valence-electron chi connectivity index (χ3n) is 3.40. The zero-order valence-corrected chi connectivity index (χ0v) is 15.0. The fourth-order valence-electron chi connectivity index (χ4n) is 2.22. The van der Waals surface area contributed by atoms with Crippen LogP contribution in [0.3, 0.4) is 0 Å². The molecule has 2 rings (SSSR count). The van der Waals surface area contributed by atoms with E-state index >= 15 is 0 Å². The molecule has 3 N–H and O–H groups in total. The van der Waals surface area contributed by atoms with Crippen LogP contribution in [0.1, 0.15) is 34.5 Å². The van der Waals surface area contributed by atoms with Gasteiger partial charge in [0.25, 0.3) is 0 Å². The second-order valence-electron chi connectivity index (χ2n) is 4.87. The molecule has 0 saturated carbocycles. The topological polar surface area (TPSA) is 55.1 Å². The van der Waals surface area contributed by atoms with Crippen molar-refractivity contribution in [2.75, 3.05) is 5.32 Å². The van der Waals surface area contributed by atoms with Crippen LogP contribution in [0.4, 0.5) is 5.69 Å². The molecule has 0 aliphatic heterocycles. The number of primary amides is 1. The molecular formula is C16H16Br2N2O. The average Bonchev–Trinajstić information content (AvgIpc) is 2.40. The van der Waals surface area contributed by atoms with Crippen LogP contribution in [0.25, 0.3) is 0 Å². The van der Waals surface area contributed by atoms with Gasteiger partial charge >= 0.3 is 0 Å². The van der Waals surface area contributed by atoms with Crippen molar-refractivity contribution in [2.45, 2.75) is 19.9 Å². The van der Waals surface area contributed by atoms with Gasteiger partial charge in [0, 0.05) is 26.2 Å². The lowest BCUT2D eigenvalue weighted by molar-refractivity contribution is 0.1000. The van der Waals surface area contributed by atoms with Crippen molar-refractivity contribution >= 4 is 43.5 Å². The van der Waals surface area contributed by atoms with Crippen molar-refractivity contribution in [2.24, 2.45) is 5.73 Å². The molecule has 0 spiro atoms. The molecule has 0 aliphatic rings. The summed E-state index contributed by atoms with van der Waals surface area (Å²) in [5.74, 6) is -0.409. The number of carbonyl (C=O) groups is 1. The maximum atomic E-state index is 11.4. The second kappa shape index (κ2) is 6.62.